The number of nitrogens with one attached hydrogen (secondary N) is 1. The van der Waals surface area contributed by atoms with Crippen molar-refractivity contribution < 1.29 is 14.7 Å². The highest BCUT2D eigenvalue weighted by Crippen LogP contribution is 2.40. The van der Waals surface area contributed by atoms with E-state index in [4.69, 9.17) is 5.73 Å². The van der Waals surface area contributed by atoms with Gasteiger partial charge in [0.05, 0.1) is 0 Å². The number of hydrogen-bond donors (Lipinski definition) is 3. The summed E-state index contributed by atoms with van der Waals surface area (Å²) < 4.78 is 0. The summed E-state index contributed by atoms with van der Waals surface area (Å²) in [5.41, 5.74) is 10.4. The maximum Gasteiger partial charge on any atom is 0.326 e. The Kier molecular flexibility index (Phi) is 11.3. The van der Waals surface area contributed by atoms with Crippen LogP contribution in [0.15, 0.2) is 58.7 Å². The van der Waals surface area contributed by atoms with Gasteiger partial charge in [-0.05, 0) is 82.4 Å². The molecule has 0 radical (unpaired) electrons. The molecule has 5 nitrogen and oxygen atoms in total. The van der Waals surface area contributed by atoms with Crippen molar-refractivity contribution >= 4 is 11.9 Å². The summed E-state index contributed by atoms with van der Waals surface area (Å²) in [6, 6.07) is -0.888. The van der Waals surface area contributed by atoms with E-state index < -0.39 is 17.9 Å². The Hall–Kier alpha value is -2.40. The van der Waals surface area contributed by atoms with Gasteiger partial charge in [-0.1, -0.05) is 55.4 Å². The molecule has 1 aliphatic rings. The average molecular weight is 429 g/mol. The average Bonchev–Trinajstić information content (AvgIpc) is 2.66. The number of carbonyl (C=O) groups is 2. The fraction of sp³-hybridized carbons (Fsp3) is 0.538. The predicted octanol–water partition coefficient (Wildman–Crippen LogP) is 5.22. The number of carboxylic acids is 1. The molecule has 0 heterocycles. The molecular weight excluding hydrogens is 388 g/mol. The molecule has 0 fully saturated rings. The molecule has 0 bridgehead atoms. The van der Waals surface area contributed by atoms with Crippen LogP contribution < -0.4 is 11.1 Å². The zero-order valence-electron chi connectivity index (χ0n) is 19.8. The first kappa shape index (κ1) is 26.6. The van der Waals surface area contributed by atoms with Crippen LogP contribution in [0.25, 0.3) is 0 Å². The van der Waals surface area contributed by atoms with Crippen LogP contribution in [0, 0.1) is 5.41 Å². The van der Waals surface area contributed by atoms with Gasteiger partial charge in [-0.15, -0.1) is 0 Å². The third kappa shape index (κ3) is 9.97. The second-order valence-electron chi connectivity index (χ2n) is 9.11. The standard InChI is InChI=1S/C26H40N2O3/c1-19(14-15-22-21(3)12-9-16-26(22,4)5)10-8-11-20(2)18-24(29)28-23(25(30)31)13-6-7-17-27/h8,10-11,14-15,18,23H,6-7,9,12-13,16-17,27H2,1-5H3,(H,28,29)(H,30,31)/t23-/m0/s1. The van der Waals surface area contributed by atoms with Gasteiger partial charge in [0, 0.05) is 6.08 Å². The molecule has 1 amide bonds. The zero-order valence-corrected chi connectivity index (χ0v) is 19.8. The number of unbranched alkanes of at least 4 members (excludes halogenated alkanes) is 1. The van der Waals surface area contributed by atoms with E-state index in [0.717, 1.165) is 17.6 Å². The van der Waals surface area contributed by atoms with Crippen molar-refractivity contribution in [2.24, 2.45) is 11.1 Å². The summed E-state index contributed by atoms with van der Waals surface area (Å²) in [5, 5.41) is 11.8. The van der Waals surface area contributed by atoms with Crippen molar-refractivity contribution in [1.82, 2.24) is 5.32 Å². The molecule has 0 saturated carbocycles. The molecule has 0 aromatic rings. The minimum atomic E-state index is -1.02. The first-order chi connectivity index (χ1) is 14.6. The Morgan fingerprint density at radius 2 is 1.90 bits per heavy atom. The number of allylic oxidation sites excluding steroid dienone is 9. The lowest BCUT2D eigenvalue weighted by Gasteiger charge is -2.32. The highest BCUT2D eigenvalue weighted by atomic mass is 16.4. The van der Waals surface area contributed by atoms with Crippen molar-refractivity contribution in [3.63, 3.8) is 0 Å². The fourth-order valence-corrected chi connectivity index (χ4v) is 3.85. The predicted molar refractivity (Wildman–Crippen MR) is 129 cm³/mol. The number of carbonyl (C=O) groups excluding carboxylic acids is 1. The van der Waals surface area contributed by atoms with Crippen LogP contribution in [0.1, 0.15) is 73.1 Å². The highest BCUT2D eigenvalue weighted by molar-refractivity contribution is 5.91. The van der Waals surface area contributed by atoms with Gasteiger partial charge in [0.2, 0.25) is 5.91 Å². The molecule has 0 spiro atoms. The summed E-state index contributed by atoms with van der Waals surface area (Å²) in [6.45, 7) is 11.2. The van der Waals surface area contributed by atoms with E-state index in [1.165, 1.54) is 36.5 Å². The molecule has 0 unspecified atom stereocenters. The molecule has 0 saturated heterocycles. The van der Waals surface area contributed by atoms with Gasteiger partial charge in [-0.3, -0.25) is 4.79 Å². The topological polar surface area (TPSA) is 92.4 Å². The molecule has 0 aliphatic heterocycles. The van der Waals surface area contributed by atoms with E-state index in [1.807, 2.05) is 25.2 Å². The number of hydrogen-bond acceptors (Lipinski definition) is 3. The maximum atomic E-state index is 12.1. The summed E-state index contributed by atoms with van der Waals surface area (Å²) in [5.74, 6) is -1.42. The van der Waals surface area contributed by atoms with Gasteiger partial charge < -0.3 is 16.2 Å². The van der Waals surface area contributed by atoms with Crippen molar-refractivity contribution in [3.8, 4) is 0 Å². The Labute approximate surface area is 187 Å². The Balaban J connectivity index is 2.69. The summed E-state index contributed by atoms with van der Waals surface area (Å²) in [7, 11) is 0. The van der Waals surface area contributed by atoms with Crippen LogP contribution in [0.3, 0.4) is 0 Å². The molecule has 0 aromatic carbocycles. The lowest BCUT2D eigenvalue weighted by atomic mass is 9.72. The number of carboxylic acid groups (broad SMARTS) is 1. The third-order valence-corrected chi connectivity index (χ3v) is 5.69. The van der Waals surface area contributed by atoms with Gasteiger partial charge in [-0.25, -0.2) is 4.79 Å². The zero-order chi connectivity index (χ0) is 23.4. The van der Waals surface area contributed by atoms with Crippen molar-refractivity contribution in [3.05, 3.63) is 58.7 Å². The Morgan fingerprint density at radius 3 is 2.52 bits per heavy atom. The molecule has 5 heteroatoms. The van der Waals surface area contributed by atoms with Crippen LogP contribution in [-0.2, 0) is 9.59 Å². The molecule has 1 rings (SSSR count). The van der Waals surface area contributed by atoms with Gasteiger partial charge in [0.25, 0.3) is 0 Å². The normalized spacial score (nSPS) is 18.6. The molecular formula is C26H40N2O3. The lowest BCUT2D eigenvalue weighted by molar-refractivity contribution is -0.141. The minimum Gasteiger partial charge on any atom is -0.480 e. The third-order valence-electron chi connectivity index (χ3n) is 5.69. The van der Waals surface area contributed by atoms with Gasteiger partial charge in [0.15, 0.2) is 0 Å². The smallest absolute Gasteiger partial charge is 0.326 e. The number of nitrogens with two attached hydrogens (primary N) is 1. The summed E-state index contributed by atoms with van der Waals surface area (Å²) >= 11 is 0. The number of rotatable bonds is 11. The van der Waals surface area contributed by atoms with E-state index in [0.29, 0.717) is 19.4 Å². The van der Waals surface area contributed by atoms with Crippen molar-refractivity contribution in [2.45, 2.75) is 79.2 Å². The Morgan fingerprint density at radius 1 is 1.19 bits per heavy atom. The highest BCUT2D eigenvalue weighted by Gasteiger charge is 2.26. The van der Waals surface area contributed by atoms with Gasteiger partial charge in [0.1, 0.15) is 6.04 Å². The second kappa shape index (κ2) is 13.1. The summed E-state index contributed by atoms with van der Waals surface area (Å²) in [6.07, 6.45) is 17.0. The maximum absolute atomic E-state index is 12.1. The summed E-state index contributed by atoms with van der Waals surface area (Å²) in [4.78, 5) is 23.4. The van der Waals surface area contributed by atoms with E-state index in [1.54, 1.807) is 0 Å². The van der Waals surface area contributed by atoms with Crippen LogP contribution in [-0.4, -0.2) is 29.6 Å². The van der Waals surface area contributed by atoms with Crippen molar-refractivity contribution in [2.75, 3.05) is 6.54 Å². The molecule has 4 N–H and O–H groups in total. The first-order valence-corrected chi connectivity index (χ1v) is 11.2. The monoisotopic (exact) mass is 428 g/mol. The number of amides is 1. The van der Waals surface area contributed by atoms with E-state index in [9.17, 15) is 14.7 Å². The molecule has 1 atom stereocenters. The van der Waals surface area contributed by atoms with Crippen LogP contribution >= 0.6 is 0 Å². The fourth-order valence-electron chi connectivity index (χ4n) is 3.85. The second-order valence-corrected chi connectivity index (χ2v) is 9.11. The largest absolute Gasteiger partial charge is 0.480 e. The minimum absolute atomic E-state index is 0.222. The molecule has 0 aromatic heterocycles. The van der Waals surface area contributed by atoms with E-state index in [-0.39, 0.29) is 5.41 Å². The van der Waals surface area contributed by atoms with Crippen molar-refractivity contribution in [1.29, 1.82) is 0 Å². The van der Waals surface area contributed by atoms with Gasteiger partial charge in [-0.2, -0.15) is 0 Å². The molecule has 172 valence electrons. The number of aliphatic carboxylic acids is 1. The first-order valence-electron chi connectivity index (χ1n) is 11.2. The lowest BCUT2D eigenvalue weighted by Crippen LogP contribution is -2.40. The van der Waals surface area contributed by atoms with Gasteiger partial charge >= 0.3 is 5.97 Å². The molecule has 1 aliphatic carbocycles. The van der Waals surface area contributed by atoms with Crippen LogP contribution in [0.4, 0.5) is 0 Å². The van der Waals surface area contributed by atoms with Crippen LogP contribution in [0.2, 0.25) is 0 Å². The SMILES string of the molecule is CC(C=CC1=C(C)CCCC1(C)C)=CC=CC(C)=CC(=O)N[C@@H](CCCCN)C(=O)O. The molecule has 31 heavy (non-hydrogen) atoms. The Bertz CT molecular complexity index is 782. The van der Waals surface area contributed by atoms with Crippen LogP contribution in [0.5, 0.6) is 0 Å². The van der Waals surface area contributed by atoms with E-state index >= 15 is 0 Å². The van der Waals surface area contributed by atoms with E-state index in [2.05, 4.69) is 45.2 Å². The quantitative estimate of drug-likeness (QED) is 0.239.